The normalized spacial score (nSPS) is 12.2. The van der Waals surface area contributed by atoms with Crippen LogP contribution in [0.5, 0.6) is 0 Å². The number of amides is 1. The van der Waals surface area contributed by atoms with Crippen LogP contribution in [0.15, 0.2) is 12.7 Å². The first-order valence-corrected chi connectivity index (χ1v) is 3.31. The molecule has 0 saturated carbocycles. The van der Waals surface area contributed by atoms with E-state index in [1.54, 1.807) is 6.08 Å². The fourth-order valence-corrected chi connectivity index (χ4v) is 0.524. The van der Waals surface area contributed by atoms with E-state index in [9.17, 15) is 4.79 Å². The van der Waals surface area contributed by atoms with Crippen molar-refractivity contribution < 1.29 is 4.79 Å². The van der Waals surface area contributed by atoms with Gasteiger partial charge in [-0.25, -0.2) is 0 Å². The summed E-state index contributed by atoms with van der Waals surface area (Å²) < 4.78 is 0. The van der Waals surface area contributed by atoms with Gasteiger partial charge in [-0.2, -0.15) is 0 Å². The van der Waals surface area contributed by atoms with Gasteiger partial charge in [-0.15, -0.1) is 6.58 Å². The molecule has 0 spiro atoms. The van der Waals surface area contributed by atoms with Gasteiger partial charge in [0, 0.05) is 19.0 Å². The molecule has 1 unspecified atom stereocenters. The van der Waals surface area contributed by atoms with Crippen LogP contribution in [0.4, 0.5) is 0 Å². The summed E-state index contributed by atoms with van der Waals surface area (Å²) in [5.41, 5.74) is 5.28. The van der Waals surface area contributed by atoms with Crippen LogP contribution in [0.3, 0.4) is 0 Å². The molecule has 0 aromatic rings. The second-order valence-corrected chi connectivity index (χ2v) is 2.20. The second-order valence-electron chi connectivity index (χ2n) is 2.20. The van der Waals surface area contributed by atoms with Crippen LogP contribution in [0.1, 0.15) is 13.3 Å². The molecule has 0 aliphatic rings. The van der Waals surface area contributed by atoms with E-state index >= 15 is 0 Å². The van der Waals surface area contributed by atoms with E-state index in [0.717, 1.165) is 0 Å². The summed E-state index contributed by atoms with van der Waals surface area (Å²) in [6.07, 6.45) is 1.93. The third-order valence-corrected chi connectivity index (χ3v) is 1.09. The first kappa shape index (κ1) is 9.17. The zero-order valence-corrected chi connectivity index (χ0v) is 6.26. The minimum Gasteiger partial charge on any atom is -0.352 e. The van der Waals surface area contributed by atoms with Crippen molar-refractivity contribution in [2.24, 2.45) is 5.73 Å². The van der Waals surface area contributed by atoms with E-state index in [1.807, 2.05) is 6.92 Å². The fraction of sp³-hybridized carbons (Fsp3) is 0.571. The molecule has 10 heavy (non-hydrogen) atoms. The molecule has 0 aliphatic heterocycles. The van der Waals surface area contributed by atoms with Crippen molar-refractivity contribution in [1.29, 1.82) is 0 Å². The Kier molecular flexibility index (Phi) is 4.58. The maximum absolute atomic E-state index is 10.8. The van der Waals surface area contributed by atoms with E-state index < -0.39 is 0 Å². The van der Waals surface area contributed by atoms with E-state index in [2.05, 4.69) is 11.9 Å². The molecule has 0 aromatic heterocycles. The molecule has 0 radical (unpaired) electrons. The van der Waals surface area contributed by atoms with Crippen LogP contribution < -0.4 is 11.1 Å². The highest BCUT2D eigenvalue weighted by Gasteiger charge is 2.01. The van der Waals surface area contributed by atoms with Gasteiger partial charge in [0.15, 0.2) is 0 Å². The second kappa shape index (κ2) is 4.99. The van der Waals surface area contributed by atoms with Gasteiger partial charge < -0.3 is 11.1 Å². The number of carbonyl (C=O) groups excluding carboxylic acids is 1. The first-order chi connectivity index (χ1) is 4.70. The van der Waals surface area contributed by atoms with E-state index in [1.165, 1.54) is 0 Å². The quantitative estimate of drug-likeness (QED) is 0.544. The average molecular weight is 142 g/mol. The van der Waals surface area contributed by atoms with Crippen molar-refractivity contribution >= 4 is 5.91 Å². The van der Waals surface area contributed by atoms with Crippen molar-refractivity contribution in [2.75, 3.05) is 6.54 Å². The van der Waals surface area contributed by atoms with Gasteiger partial charge in [0.05, 0.1) is 0 Å². The maximum atomic E-state index is 10.8. The molecule has 0 aliphatic carbocycles. The van der Waals surface area contributed by atoms with Crippen LogP contribution in [-0.4, -0.2) is 18.5 Å². The Morgan fingerprint density at radius 3 is 2.90 bits per heavy atom. The molecule has 1 atom stereocenters. The minimum absolute atomic E-state index is 0.0204. The Hall–Kier alpha value is -0.830. The molecule has 0 heterocycles. The number of rotatable bonds is 4. The lowest BCUT2D eigenvalue weighted by atomic mass is 10.3. The summed E-state index contributed by atoms with van der Waals surface area (Å²) in [6.45, 7) is 5.78. The summed E-state index contributed by atoms with van der Waals surface area (Å²) in [7, 11) is 0. The minimum atomic E-state index is -0.0204. The highest BCUT2D eigenvalue weighted by atomic mass is 16.1. The first-order valence-electron chi connectivity index (χ1n) is 3.31. The smallest absolute Gasteiger partial charge is 0.224 e. The summed E-state index contributed by atoms with van der Waals surface area (Å²) in [6, 6.07) is 0.0625. The molecule has 0 bridgehead atoms. The zero-order valence-electron chi connectivity index (χ0n) is 6.26. The summed E-state index contributed by atoms with van der Waals surface area (Å²) in [5, 5.41) is 2.70. The summed E-state index contributed by atoms with van der Waals surface area (Å²) in [4.78, 5) is 10.8. The Bertz CT molecular complexity index is 123. The van der Waals surface area contributed by atoms with Crippen LogP contribution >= 0.6 is 0 Å². The lowest BCUT2D eigenvalue weighted by Gasteiger charge is -2.09. The Morgan fingerprint density at radius 1 is 1.90 bits per heavy atom. The molecule has 0 fully saturated rings. The molecule has 1 amide bonds. The van der Waals surface area contributed by atoms with Crippen LogP contribution in [-0.2, 0) is 4.79 Å². The molecule has 0 rings (SSSR count). The molecule has 3 nitrogen and oxygen atoms in total. The fourth-order valence-electron chi connectivity index (χ4n) is 0.524. The molecular formula is C7H14N2O. The lowest BCUT2D eigenvalue weighted by molar-refractivity contribution is -0.120. The van der Waals surface area contributed by atoms with Crippen LogP contribution in [0.2, 0.25) is 0 Å². The summed E-state index contributed by atoms with van der Waals surface area (Å²) >= 11 is 0. The SMILES string of the molecule is C=CCC(=O)NC(C)CN. The molecular weight excluding hydrogens is 128 g/mol. The zero-order chi connectivity index (χ0) is 7.98. The van der Waals surface area contributed by atoms with Crippen molar-refractivity contribution in [3.63, 3.8) is 0 Å². The molecule has 0 aromatic carbocycles. The molecule has 58 valence electrons. The monoisotopic (exact) mass is 142 g/mol. The Morgan fingerprint density at radius 2 is 2.50 bits per heavy atom. The van der Waals surface area contributed by atoms with Crippen LogP contribution in [0.25, 0.3) is 0 Å². The molecule has 3 heteroatoms. The average Bonchev–Trinajstić information content (AvgIpc) is 1.88. The van der Waals surface area contributed by atoms with Crippen molar-refractivity contribution in [2.45, 2.75) is 19.4 Å². The van der Waals surface area contributed by atoms with Gasteiger partial charge in [0.25, 0.3) is 0 Å². The summed E-state index contributed by atoms with van der Waals surface area (Å²) in [5.74, 6) is -0.0204. The van der Waals surface area contributed by atoms with Gasteiger partial charge in [0.2, 0.25) is 5.91 Å². The standard InChI is InChI=1S/C7H14N2O/c1-3-4-7(10)9-6(2)5-8/h3,6H,1,4-5,8H2,2H3,(H,9,10). The third kappa shape index (κ3) is 4.09. The highest BCUT2D eigenvalue weighted by Crippen LogP contribution is 1.82. The van der Waals surface area contributed by atoms with Gasteiger partial charge in [-0.1, -0.05) is 6.08 Å². The van der Waals surface area contributed by atoms with E-state index in [4.69, 9.17) is 5.73 Å². The van der Waals surface area contributed by atoms with Gasteiger partial charge in [-0.3, -0.25) is 4.79 Å². The topological polar surface area (TPSA) is 55.1 Å². The number of carbonyl (C=O) groups is 1. The van der Waals surface area contributed by atoms with Gasteiger partial charge in [-0.05, 0) is 6.92 Å². The Balaban J connectivity index is 3.46. The lowest BCUT2D eigenvalue weighted by Crippen LogP contribution is -2.37. The highest BCUT2D eigenvalue weighted by molar-refractivity contribution is 5.77. The van der Waals surface area contributed by atoms with Crippen LogP contribution in [0, 0.1) is 0 Å². The number of hydrogen-bond donors (Lipinski definition) is 2. The molecule has 0 saturated heterocycles. The Labute approximate surface area is 61.3 Å². The number of hydrogen-bond acceptors (Lipinski definition) is 2. The molecule has 3 N–H and O–H groups in total. The van der Waals surface area contributed by atoms with E-state index in [0.29, 0.717) is 13.0 Å². The van der Waals surface area contributed by atoms with Crippen molar-refractivity contribution in [1.82, 2.24) is 5.32 Å². The number of nitrogens with one attached hydrogen (secondary N) is 1. The largest absolute Gasteiger partial charge is 0.352 e. The van der Waals surface area contributed by atoms with Gasteiger partial charge in [0.1, 0.15) is 0 Å². The van der Waals surface area contributed by atoms with Crippen molar-refractivity contribution in [3.05, 3.63) is 12.7 Å². The van der Waals surface area contributed by atoms with E-state index in [-0.39, 0.29) is 11.9 Å². The number of nitrogens with two attached hydrogens (primary N) is 1. The maximum Gasteiger partial charge on any atom is 0.224 e. The predicted octanol–water partition coefficient (Wildman–Crippen LogP) is 0.0259. The predicted molar refractivity (Wildman–Crippen MR) is 41.5 cm³/mol. The third-order valence-electron chi connectivity index (χ3n) is 1.09. The van der Waals surface area contributed by atoms with Gasteiger partial charge >= 0.3 is 0 Å². The van der Waals surface area contributed by atoms with Crippen molar-refractivity contribution in [3.8, 4) is 0 Å².